The number of nitrogens with zero attached hydrogens (tertiary/aromatic N) is 5. The third-order valence-corrected chi connectivity index (χ3v) is 11.0. The highest BCUT2D eigenvalue weighted by atomic mass is 32.1. The SMILES string of the molecule is Cn1cc(-c2cc(F)cc(N3CCc4c(sc5c4CCCC5)C3=O)c2CO)cc(Nc2cc3n(n2)CCN(C2COC2)C3)c1=O. The average molecular weight is 631 g/mol. The largest absolute Gasteiger partial charge is 0.392 e. The first-order chi connectivity index (χ1) is 21.9. The standard InChI is InChI=1S/C33H35FN6O4S/c1-37-14-19(10-27(32(37)42)35-30-13-21-15-38(22-17-44-18-22)8-9-40(21)36-30)25-11-20(34)12-28(26(25)16-41)39-7-6-24-23-4-2-3-5-29(23)45-31(24)33(39)43/h10-14,22,41H,2-9,15-18H2,1H3,(H,35,36). The number of carbonyl (C=O) groups excluding carboxylic acids is 1. The van der Waals surface area contributed by atoms with Crippen molar-refractivity contribution in [2.45, 2.75) is 57.8 Å². The van der Waals surface area contributed by atoms with Crippen molar-refractivity contribution in [2.75, 3.05) is 36.5 Å². The molecule has 0 radical (unpaired) electrons. The third kappa shape index (κ3) is 4.91. The number of aromatic nitrogens is 3. The van der Waals surface area contributed by atoms with Crippen LogP contribution in [0.4, 0.5) is 21.6 Å². The minimum absolute atomic E-state index is 0.142. The zero-order valence-corrected chi connectivity index (χ0v) is 26.0. The third-order valence-electron chi connectivity index (χ3n) is 9.67. The topological polar surface area (TPSA) is 105 Å². The van der Waals surface area contributed by atoms with E-state index in [9.17, 15) is 14.7 Å². The molecule has 1 saturated heterocycles. The summed E-state index contributed by atoms with van der Waals surface area (Å²) in [6.45, 7) is 3.93. The molecular weight excluding hydrogens is 595 g/mol. The Bertz CT molecular complexity index is 1890. The number of aliphatic hydroxyl groups excluding tert-OH is 1. The predicted octanol–water partition coefficient (Wildman–Crippen LogP) is 3.98. The molecule has 0 spiro atoms. The number of carbonyl (C=O) groups is 1. The van der Waals surface area contributed by atoms with E-state index in [1.54, 1.807) is 35.5 Å². The van der Waals surface area contributed by atoms with Crippen LogP contribution in [0.1, 0.15) is 49.8 Å². The van der Waals surface area contributed by atoms with Gasteiger partial charge in [0.2, 0.25) is 0 Å². The number of fused-ring (bicyclic) bond motifs is 4. The lowest BCUT2D eigenvalue weighted by Gasteiger charge is -2.39. The van der Waals surface area contributed by atoms with Gasteiger partial charge in [-0.1, -0.05) is 0 Å². The number of pyridine rings is 1. The maximum absolute atomic E-state index is 15.3. The summed E-state index contributed by atoms with van der Waals surface area (Å²) >= 11 is 1.57. The van der Waals surface area contributed by atoms with E-state index in [0.717, 1.165) is 74.7 Å². The smallest absolute Gasteiger partial charge is 0.274 e. The van der Waals surface area contributed by atoms with Gasteiger partial charge in [-0.3, -0.25) is 19.2 Å². The Kier molecular flexibility index (Phi) is 7.12. The molecule has 0 bridgehead atoms. The van der Waals surface area contributed by atoms with Gasteiger partial charge >= 0.3 is 0 Å². The van der Waals surface area contributed by atoms with E-state index < -0.39 is 12.4 Å². The summed E-state index contributed by atoms with van der Waals surface area (Å²) in [6.07, 6.45) is 6.64. The Labute approximate surface area is 263 Å². The number of aryl methyl sites for hydroxylation is 2. The van der Waals surface area contributed by atoms with Crippen LogP contribution in [-0.4, -0.2) is 62.6 Å². The lowest BCUT2D eigenvalue weighted by atomic mass is 9.91. The van der Waals surface area contributed by atoms with Gasteiger partial charge in [0, 0.05) is 54.9 Å². The second kappa shape index (κ2) is 11.2. The Balaban J connectivity index is 1.12. The molecule has 12 heteroatoms. The van der Waals surface area contributed by atoms with Crippen molar-refractivity contribution in [2.24, 2.45) is 7.05 Å². The van der Waals surface area contributed by atoms with Crippen LogP contribution < -0.4 is 15.8 Å². The molecule has 1 fully saturated rings. The maximum Gasteiger partial charge on any atom is 0.274 e. The van der Waals surface area contributed by atoms with Gasteiger partial charge < -0.3 is 24.6 Å². The molecular formula is C33H35FN6O4S. The van der Waals surface area contributed by atoms with E-state index in [2.05, 4.69) is 15.3 Å². The molecule has 0 unspecified atom stereocenters. The Morgan fingerprint density at radius 1 is 1.07 bits per heavy atom. The Morgan fingerprint density at radius 2 is 1.91 bits per heavy atom. The van der Waals surface area contributed by atoms with E-state index in [1.807, 2.05) is 10.7 Å². The van der Waals surface area contributed by atoms with Crippen molar-refractivity contribution in [3.05, 3.63) is 78.8 Å². The van der Waals surface area contributed by atoms with E-state index >= 15 is 4.39 Å². The van der Waals surface area contributed by atoms with E-state index in [0.29, 0.717) is 47.2 Å². The fraction of sp³-hybridized carbons (Fsp3) is 0.424. The number of thiophene rings is 1. The molecule has 45 heavy (non-hydrogen) atoms. The van der Waals surface area contributed by atoms with Crippen molar-refractivity contribution in [3.63, 3.8) is 0 Å². The number of amides is 1. The fourth-order valence-corrected chi connectivity index (χ4v) is 8.60. The molecule has 8 rings (SSSR count). The van der Waals surface area contributed by atoms with Crippen LogP contribution >= 0.6 is 11.3 Å². The van der Waals surface area contributed by atoms with Gasteiger partial charge in [0.05, 0.1) is 48.7 Å². The van der Waals surface area contributed by atoms with Crippen molar-refractivity contribution >= 4 is 34.4 Å². The molecule has 4 aliphatic rings. The molecule has 0 saturated carbocycles. The molecule has 1 aromatic carbocycles. The highest BCUT2D eigenvalue weighted by Crippen LogP contribution is 2.41. The van der Waals surface area contributed by atoms with Gasteiger partial charge in [-0.05, 0) is 67.0 Å². The lowest BCUT2D eigenvalue weighted by Crippen LogP contribution is -2.51. The summed E-state index contributed by atoms with van der Waals surface area (Å²) < 4.78 is 24.1. The molecule has 3 aromatic heterocycles. The summed E-state index contributed by atoms with van der Waals surface area (Å²) in [5.41, 5.74) is 5.34. The van der Waals surface area contributed by atoms with Crippen molar-refractivity contribution in [3.8, 4) is 11.1 Å². The molecule has 3 aliphatic heterocycles. The molecule has 1 amide bonds. The van der Waals surface area contributed by atoms with Crippen molar-refractivity contribution in [1.82, 2.24) is 19.2 Å². The number of ether oxygens (including phenoxy) is 1. The minimum atomic E-state index is -0.521. The summed E-state index contributed by atoms with van der Waals surface area (Å²) in [4.78, 5) is 33.1. The summed E-state index contributed by atoms with van der Waals surface area (Å²) in [7, 11) is 1.64. The van der Waals surface area contributed by atoms with Crippen LogP contribution in [0.25, 0.3) is 11.1 Å². The first kappa shape index (κ1) is 28.6. The van der Waals surface area contributed by atoms with Gasteiger partial charge in [-0.15, -0.1) is 11.3 Å². The fourth-order valence-electron chi connectivity index (χ4n) is 7.21. The van der Waals surface area contributed by atoms with Gasteiger partial charge in [0.1, 0.15) is 11.5 Å². The number of hydrogen-bond donors (Lipinski definition) is 2. The number of halogens is 1. The van der Waals surface area contributed by atoms with Crippen molar-refractivity contribution in [1.29, 1.82) is 0 Å². The normalized spacial score (nSPS) is 18.4. The quantitative estimate of drug-likeness (QED) is 0.332. The molecule has 0 atom stereocenters. The zero-order chi connectivity index (χ0) is 30.8. The first-order valence-corrected chi connectivity index (χ1v) is 16.4. The van der Waals surface area contributed by atoms with Crippen LogP contribution in [0.3, 0.4) is 0 Å². The Hall–Kier alpha value is -3.84. The summed E-state index contributed by atoms with van der Waals surface area (Å²) in [5, 5.41) is 18.5. The average Bonchev–Trinajstić information content (AvgIpc) is 3.59. The number of benzene rings is 1. The summed E-state index contributed by atoms with van der Waals surface area (Å²) in [5.74, 6) is -0.105. The maximum atomic E-state index is 15.3. The predicted molar refractivity (Wildman–Crippen MR) is 170 cm³/mol. The summed E-state index contributed by atoms with van der Waals surface area (Å²) in [6, 6.07) is 6.75. The second-order valence-electron chi connectivity index (χ2n) is 12.4. The number of aliphatic hydroxyl groups is 1. The number of nitrogens with one attached hydrogen (secondary N) is 1. The van der Waals surface area contributed by atoms with Gasteiger partial charge in [-0.25, -0.2) is 4.39 Å². The van der Waals surface area contributed by atoms with Crippen LogP contribution in [0.5, 0.6) is 0 Å². The lowest BCUT2D eigenvalue weighted by molar-refractivity contribution is -0.0735. The highest BCUT2D eigenvalue weighted by Gasteiger charge is 2.34. The monoisotopic (exact) mass is 630 g/mol. The van der Waals surface area contributed by atoms with Crippen LogP contribution in [0, 0.1) is 5.82 Å². The molecule has 234 valence electrons. The molecule has 10 nitrogen and oxygen atoms in total. The van der Waals surface area contributed by atoms with Crippen molar-refractivity contribution < 1.29 is 19.0 Å². The van der Waals surface area contributed by atoms with E-state index in [1.165, 1.54) is 27.1 Å². The molecule has 1 aliphatic carbocycles. The minimum Gasteiger partial charge on any atom is -0.392 e. The van der Waals surface area contributed by atoms with Crippen LogP contribution in [0.2, 0.25) is 0 Å². The second-order valence-corrected chi connectivity index (χ2v) is 13.5. The molecule has 4 aromatic rings. The molecule has 2 N–H and O–H groups in total. The number of rotatable bonds is 6. The molecule has 6 heterocycles. The highest BCUT2D eigenvalue weighted by molar-refractivity contribution is 7.14. The number of anilines is 3. The Morgan fingerprint density at radius 3 is 2.71 bits per heavy atom. The van der Waals surface area contributed by atoms with Gasteiger partial charge in [-0.2, -0.15) is 5.10 Å². The van der Waals surface area contributed by atoms with Gasteiger partial charge in [0.15, 0.2) is 5.82 Å². The number of hydrogen-bond acceptors (Lipinski definition) is 8. The van der Waals surface area contributed by atoms with Crippen LogP contribution in [-0.2, 0) is 50.7 Å². The van der Waals surface area contributed by atoms with Crippen LogP contribution in [0.15, 0.2) is 35.3 Å². The first-order valence-electron chi connectivity index (χ1n) is 15.6. The zero-order valence-electron chi connectivity index (χ0n) is 25.1. The van der Waals surface area contributed by atoms with E-state index in [-0.39, 0.29) is 17.2 Å². The van der Waals surface area contributed by atoms with Gasteiger partial charge in [0.25, 0.3) is 11.5 Å². The van der Waals surface area contributed by atoms with E-state index in [4.69, 9.17) is 4.74 Å².